The molecule has 0 heterocycles. The van der Waals surface area contributed by atoms with Gasteiger partial charge in [-0.05, 0) is 63.9 Å². The highest BCUT2D eigenvalue weighted by Crippen LogP contribution is 2.24. The molecular weight excluding hydrogens is 516 g/mol. The first kappa shape index (κ1) is 21.9. The number of hydrogen-bond donors (Lipinski definition) is 0. The highest BCUT2D eigenvalue weighted by atomic mass is 79.9. The minimum atomic E-state index is 0.857. The molecule has 0 aliphatic rings. The van der Waals surface area contributed by atoms with Crippen molar-refractivity contribution in [3.63, 3.8) is 0 Å². The summed E-state index contributed by atoms with van der Waals surface area (Å²) in [6.45, 7) is 3.81. The summed E-state index contributed by atoms with van der Waals surface area (Å²) >= 11 is 10.3. The van der Waals surface area contributed by atoms with E-state index in [-0.39, 0.29) is 0 Å². The molecule has 2 aromatic carbocycles. The fraction of sp³-hybridized carbons (Fsp3) is 0.222. The van der Waals surface area contributed by atoms with Crippen molar-refractivity contribution >= 4 is 59.2 Å². The van der Waals surface area contributed by atoms with Gasteiger partial charge in [0.15, 0.2) is 0 Å². The summed E-state index contributed by atoms with van der Waals surface area (Å²) in [5, 5.41) is 7.69. The van der Waals surface area contributed by atoms with Gasteiger partial charge in [-0.15, -0.1) is 0 Å². The quantitative estimate of drug-likeness (QED) is 0.336. The lowest BCUT2D eigenvalue weighted by Gasteiger charge is -2.01. The molecule has 0 unspecified atom stereocenters. The van der Waals surface area contributed by atoms with Crippen LogP contribution >= 0.6 is 47.8 Å². The Hall–Kier alpha value is -1.18. The molecule has 0 fully saturated rings. The Morgan fingerprint density at radius 2 is 1.36 bits per heavy atom. The molecule has 0 aliphatic heterocycles. The van der Waals surface area contributed by atoms with Gasteiger partial charge in [-0.1, -0.05) is 50.5 Å². The summed E-state index contributed by atoms with van der Waals surface area (Å²) in [5.41, 5.74) is 3.82. The van der Waals surface area contributed by atoms with Crippen LogP contribution in [0.15, 0.2) is 66.2 Å². The average Bonchev–Trinajstić information content (AvgIpc) is 2.58. The maximum absolute atomic E-state index is 4.69. The van der Waals surface area contributed by atoms with Crippen molar-refractivity contribution < 1.29 is 9.68 Å². The van der Waals surface area contributed by atoms with Crippen LogP contribution in [0.3, 0.4) is 0 Å². The van der Waals surface area contributed by atoms with Gasteiger partial charge >= 0.3 is 0 Å². The molecule has 4 nitrogen and oxygen atoms in total. The minimum Gasteiger partial charge on any atom is -0.399 e. The predicted molar refractivity (Wildman–Crippen MR) is 114 cm³/mol. The van der Waals surface area contributed by atoms with Gasteiger partial charge in [0.25, 0.3) is 0 Å². The lowest BCUT2D eigenvalue weighted by molar-refractivity contribution is 0.213. The zero-order valence-electron chi connectivity index (χ0n) is 14.4. The van der Waals surface area contributed by atoms with Crippen LogP contribution in [-0.4, -0.2) is 25.6 Å². The van der Waals surface area contributed by atoms with Crippen molar-refractivity contribution in [1.82, 2.24) is 0 Å². The van der Waals surface area contributed by atoms with Crippen molar-refractivity contribution in [1.29, 1.82) is 0 Å². The summed E-state index contributed by atoms with van der Waals surface area (Å²) in [4.78, 5) is 9.37. The topological polar surface area (TPSA) is 43.2 Å². The van der Waals surface area contributed by atoms with Crippen LogP contribution in [0.5, 0.6) is 0 Å². The Kier molecular flexibility index (Phi) is 10.0. The molecule has 0 saturated carbocycles. The fourth-order valence-corrected chi connectivity index (χ4v) is 3.05. The van der Waals surface area contributed by atoms with Crippen LogP contribution < -0.4 is 0 Å². The average molecular weight is 535 g/mol. The molecule has 0 amide bonds. The molecule has 7 heteroatoms. The lowest BCUT2D eigenvalue weighted by Crippen LogP contribution is -1.95. The normalized spacial score (nSPS) is 11.5. The largest absolute Gasteiger partial charge is 0.399 e. The van der Waals surface area contributed by atoms with Gasteiger partial charge in [0.1, 0.15) is 14.2 Å². The number of hydrogen-bond acceptors (Lipinski definition) is 4. The van der Waals surface area contributed by atoms with Crippen LogP contribution in [0.4, 0.5) is 0 Å². The monoisotopic (exact) mass is 532 g/mol. The van der Waals surface area contributed by atoms with E-state index in [1.54, 1.807) is 7.11 Å². The van der Waals surface area contributed by atoms with Gasteiger partial charge in [0.05, 0.1) is 11.4 Å². The Morgan fingerprint density at radius 3 is 1.92 bits per heavy atom. The van der Waals surface area contributed by atoms with E-state index in [0.717, 1.165) is 36.0 Å². The van der Waals surface area contributed by atoms with E-state index < -0.39 is 0 Å². The molecule has 0 aromatic heterocycles. The lowest BCUT2D eigenvalue weighted by atomic mass is 10.1. The van der Waals surface area contributed by atoms with E-state index >= 15 is 0 Å². The zero-order chi connectivity index (χ0) is 18.8. The molecule has 2 aromatic rings. The first-order valence-electron chi connectivity index (χ1n) is 7.26. The second-order valence-electron chi connectivity index (χ2n) is 4.83. The zero-order valence-corrected chi connectivity index (χ0v) is 19.1. The van der Waals surface area contributed by atoms with Gasteiger partial charge < -0.3 is 9.68 Å². The van der Waals surface area contributed by atoms with Crippen LogP contribution in [-0.2, 0) is 9.68 Å². The van der Waals surface area contributed by atoms with Crippen molar-refractivity contribution in [2.75, 3.05) is 14.2 Å². The van der Waals surface area contributed by atoms with Crippen LogP contribution in [0.1, 0.15) is 25.0 Å². The van der Waals surface area contributed by atoms with E-state index in [1.165, 1.54) is 7.11 Å². The molecule has 2 rings (SSSR count). The van der Waals surface area contributed by atoms with Gasteiger partial charge in [-0.3, -0.25) is 0 Å². The van der Waals surface area contributed by atoms with Crippen LogP contribution in [0.25, 0.3) is 0 Å². The molecule has 0 saturated heterocycles. The highest BCUT2D eigenvalue weighted by Gasteiger charge is 2.02. The molecular formula is C18H19Br3N2O2. The van der Waals surface area contributed by atoms with Crippen molar-refractivity contribution in [3.8, 4) is 0 Å². The molecule has 0 atom stereocenters. The molecule has 0 N–H and O–H groups in total. The Labute approximate surface area is 173 Å². The first-order valence-corrected chi connectivity index (χ1v) is 9.64. The van der Waals surface area contributed by atoms with Crippen molar-refractivity contribution in [3.05, 3.63) is 67.0 Å². The van der Waals surface area contributed by atoms with Gasteiger partial charge in [-0.2, -0.15) is 0 Å². The number of halogens is 3. The van der Waals surface area contributed by atoms with E-state index in [0.29, 0.717) is 0 Å². The highest BCUT2D eigenvalue weighted by molar-refractivity contribution is 9.13. The second kappa shape index (κ2) is 11.4. The van der Waals surface area contributed by atoms with Gasteiger partial charge in [0, 0.05) is 24.5 Å². The Balaban J connectivity index is 0.000000251. The van der Waals surface area contributed by atoms with Gasteiger partial charge in [-0.25, -0.2) is 0 Å². The van der Waals surface area contributed by atoms with Crippen LogP contribution in [0, 0.1) is 0 Å². The third-order valence-electron chi connectivity index (χ3n) is 3.06. The van der Waals surface area contributed by atoms with Crippen molar-refractivity contribution in [2.24, 2.45) is 10.3 Å². The molecule has 0 radical (unpaired) electrons. The van der Waals surface area contributed by atoms with E-state index in [4.69, 9.17) is 0 Å². The summed E-state index contributed by atoms with van der Waals surface area (Å²) in [7, 11) is 3.08. The van der Waals surface area contributed by atoms with E-state index in [1.807, 2.05) is 56.3 Å². The molecule has 134 valence electrons. The molecule has 0 bridgehead atoms. The smallest absolute Gasteiger partial charge is 0.106 e. The standard InChI is InChI=1S/C9H9Br2NO.C9H10BrNO/c1-6(12-13-2)7-3-4-8(10)9(11)5-7;1-7(11-12-2)8-5-3-4-6-9(8)10/h3-5H,1-2H3;3-6H,1-2H3/b12-6+;11-7+. The number of rotatable bonds is 4. The number of nitrogens with zero attached hydrogens (tertiary/aromatic N) is 2. The number of benzene rings is 2. The Morgan fingerprint density at radius 1 is 0.760 bits per heavy atom. The summed E-state index contributed by atoms with van der Waals surface area (Å²) in [6, 6.07) is 13.8. The maximum Gasteiger partial charge on any atom is 0.106 e. The molecule has 0 spiro atoms. The molecule has 25 heavy (non-hydrogen) atoms. The van der Waals surface area contributed by atoms with E-state index in [9.17, 15) is 0 Å². The first-order chi connectivity index (χ1) is 11.9. The van der Waals surface area contributed by atoms with Crippen molar-refractivity contribution in [2.45, 2.75) is 13.8 Å². The summed E-state index contributed by atoms with van der Waals surface area (Å²) in [6.07, 6.45) is 0. The third-order valence-corrected chi connectivity index (χ3v) is 5.63. The third kappa shape index (κ3) is 7.30. The minimum absolute atomic E-state index is 0.857. The number of oxime groups is 2. The van der Waals surface area contributed by atoms with Gasteiger partial charge in [0.2, 0.25) is 0 Å². The fourth-order valence-electron chi connectivity index (χ4n) is 1.85. The Bertz CT molecular complexity index is 762. The molecule has 0 aliphatic carbocycles. The predicted octanol–water partition coefficient (Wildman–Crippen LogP) is 6.40. The summed E-state index contributed by atoms with van der Waals surface area (Å²) < 4.78 is 3.07. The second-order valence-corrected chi connectivity index (χ2v) is 7.39. The summed E-state index contributed by atoms with van der Waals surface area (Å²) in [5.74, 6) is 0. The SMILES string of the molecule is CO/N=C(\C)c1ccc(Br)c(Br)c1.CO/N=C(\C)c1ccccc1Br. The maximum atomic E-state index is 4.69. The van der Waals surface area contributed by atoms with E-state index in [2.05, 4.69) is 67.8 Å². The van der Waals surface area contributed by atoms with Crippen LogP contribution in [0.2, 0.25) is 0 Å².